The zero-order chi connectivity index (χ0) is 21.6. The van der Waals surface area contributed by atoms with Gasteiger partial charge in [0.1, 0.15) is 0 Å². The van der Waals surface area contributed by atoms with Gasteiger partial charge in [0.05, 0.1) is 15.7 Å². The quantitative estimate of drug-likeness (QED) is 0.405. The number of anilines is 1. The number of halogens is 2. The predicted molar refractivity (Wildman–Crippen MR) is 130 cm³/mol. The Balaban J connectivity index is 1.28. The molecule has 0 amide bonds. The van der Waals surface area contributed by atoms with E-state index in [0.29, 0.717) is 10.0 Å². The smallest absolute Gasteiger partial charge is 0.220 e. The van der Waals surface area contributed by atoms with Crippen LogP contribution in [0.3, 0.4) is 0 Å². The summed E-state index contributed by atoms with van der Waals surface area (Å²) in [4.78, 5) is 8.81. The Kier molecular flexibility index (Phi) is 7.47. The van der Waals surface area contributed by atoms with Crippen LogP contribution < -0.4 is 5.73 Å². The van der Waals surface area contributed by atoms with E-state index in [2.05, 4.69) is 40.3 Å². The fourth-order valence-corrected chi connectivity index (χ4v) is 5.13. The molecule has 4 rings (SSSR count). The summed E-state index contributed by atoms with van der Waals surface area (Å²) in [5.74, 6) is 1.95. The van der Waals surface area contributed by atoms with E-state index in [4.69, 9.17) is 28.9 Å². The van der Waals surface area contributed by atoms with Gasteiger partial charge < -0.3 is 5.73 Å². The number of nitrogens with zero attached hydrogens (tertiary/aromatic N) is 2. The summed E-state index contributed by atoms with van der Waals surface area (Å²) in [5.41, 5.74) is 9.95. The van der Waals surface area contributed by atoms with E-state index in [-0.39, 0.29) is 5.95 Å². The SMILES string of the molecule is Nc1nc(CCCC2CCC(Cc3ccccc3)CC2)cc(-c2cccc(Cl)c2Cl)n1. The summed E-state index contributed by atoms with van der Waals surface area (Å²) >= 11 is 12.5. The van der Waals surface area contributed by atoms with Gasteiger partial charge in [0.25, 0.3) is 0 Å². The molecule has 5 heteroatoms. The Hall–Kier alpha value is -2.10. The molecule has 0 unspecified atom stereocenters. The van der Waals surface area contributed by atoms with E-state index in [0.717, 1.165) is 41.6 Å². The highest BCUT2D eigenvalue weighted by molar-refractivity contribution is 6.43. The van der Waals surface area contributed by atoms with Crippen molar-refractivity contribution in [2.75, 3.05) is 5.73 Å². The standard InChI is InChI=1S/C26H29Cl2N3/c27-23-11-5-10-22(25(23)28)24-17-21(30-26(29)31-24)9-4-8-18-12-14-20(15-13-18)16-19-6-2-1-3-7-19/h1-3,5-7,10-11,17-18,20H,4,8-9,12-16H2,(H2,29,30,31). The zero-order valence-corrected chi connectivity index (χ0v) is 19.2. The lowest BCUT2D eigenvalue weighted by atomic mass is 9.77. The van der Waals surface area contributed by atoms with Gasteiger partial charge >= 0.3 is 0 Å². The minimum atomic E-state index is 0.282. The molecule has 2 aromatic carbocycles. The molecule has 3 aromatic rings. The third kappa shape index (κ3) is 5.99. The monoisotopic (exact) mass is 453 g/mol. The van der Waals surface area contributed by atoms with Gasteiger partial charge in [0.2, 0.25) is 5.95 Å². The summed E-state index contributed by atoms with van der Waals surface area (Å²) in [7, 11) is 0. The van der Waals surface area contributed by atoms with Crippen molar-refractivity contribution in [1.29, 1.82) is 0 Å². The molecule has 1 aliphatic carbocycles. The minimum Gasteiger partial charge on any atom is -0.368 e. The van der Waals surface area contributed by atoms with Gasteiger partial charge in [-0.3, -0.25) is 0 Å². The van der Waals surface area contributed by atoms with Crippen LogP contribution in [0.15, 0.2) is 54.6 Å². The van der Waals surface area contributed by atoms with Crippen molar-refractivity contribution in [2.24, 2.45) is 11.8 Å². The van der Waals surface area contributed by atoms with E-state index >= 15 is 0 Å². The maximum atomic E-state index is 6.37. The molecule has 31 heavy (non-hydrogen) atoms. The van der Waals surface area contributed by atoms with Crippen LogP contribution in [0.5, 0.6) is 0 Å². The molecule has 1 aliphatic rings. The molecular formula is C26H29Cl2N3. The number of hydrogen-bond acceptors (Lipinski definition) is 3. The number of benzene rings is 2. The molecule has 2 N–H and O–H groups in total. The predicted octanol–water partition coefficient (Wildman–Crippen LogP) is 7.40. The van der Waals surface area contributed by atoms with Gasteiger partial charge in [-0.15, -0.1) is 0 Å². The highest BCUT2D eigenvalue weighted by Gasteiger charge is 2.21. The van der Waals surface area contributed by atoms with Gasteiger partial charge in [0, 0.05) is 11.3 Å². The molecule has 0 radical (unpaired) electrons. The van der Waals surface area contributed by atoms with Crippen molar-refractivity contribution < 1.29 is 0 Å². The van der Waals surface area contributed by atoms with Crippen LogP contribution in [0.2, 0.25) is 10.0 Å². The number of hydrogen-bond donors (Lipinski definition) is 1. The highest BCUT2D eigenvalue weighted by atomic mass is 35.5. The van der Waals surface area contributed by atoms with Crippen molar-refractivity contribution in [1.82, 2.24) is 9.97 Å². The molecule has 162 valence electrons. The average Bonchev–Trinajstić information content (AvgIpc) is 2.77. The Morgan fingerprint density at radius 2 is 1.61 bits per heavy atom. The van der Waals surface area contributed by atoms with Crippen LogP contribution in [0.25, 0.3) is 11.3 Å². The zero-order valence-electron chi connectivity index (χ0n) is 17.7. The molecule has 0 aliphatic heterocycles. The molecule has 0 spiro atoms. The minimum absolute atomic E-state index is 0.282. The topological polar surface area (TPSA) is 51.8 Å². The van der Waals surface area contributed by atoms with Gasteiger partial charge in [-0.2, -0.15) is 0 Å². The fourth-order valence-electron chi connectivity index (χ4n) is 4.73. The Morgan fingerprint density at radius 3 is 2.39 bits per heavy atom. The van der Waals surface area contributed by atoms with Crippen LogP contribution in [0.1, 0.15) is 49.8 Å². The first-order valence-corrected chi connectivity index (χ1v) is 12.0. The van der Waals surface area contributed by atoms with Gasteiger partial charge in [-0.05, 0) is 61.6 Å². The second-order valence-corrected chi connectivity index (χ2v) is 9.46. The Bertz CT molecular complexity index is 999. The van der Waals surface area contributed by atoms with Gasteiger partial charge in [0.15, 0.2) is 0 Å². The number of aromatic nitrogens is 2. The molecule has 1 saturated carbocycles. The average molecular weight is 454 g/mol. The number of aryl methyl sites for hydroxylation is 1. The van der Waals surface area contributed by atoms with Gasteiger partial charge in [-0.1, -0.05) is 84.9 Å². The Labute approximate surface area is 195 Å². The van der Waals surface area contributed by atoms with Crippen molar-refractivity contribution >= 4 is 29.2 Å². The summed E-state index contributed by atoms with van der Waals surface area (Å²) in [6.45, 7) is 0. The summed E-state index contributed by atoms with van der Waals surface area (Å²) in [5, 5.41) is 1.02. The fraction of sp³-hybridized carbons (Fsp3) is 0.385. The van der Waals surface area contributed by atoms with Crippen molar-refractivity contribution in [3.8, 4) is 11.3 Å². The van der Waals surface area contributed by atoms with E-state index in [9.17, 15) is 0 Å². The summed E-state index contributed by atoms with van der Waals surface area (Å²) < 4.78 is 0. The first-order chi connectivity index (χ1) is 15.1. The second kappa shape index (κ2) is 10.5. The molecule has 0 bridgehead atoms. The van der Waals surface area contributed by atoms with Crippen LogP contribution in [0.4, 0.5) is 5.95 Å². The van der Waals surface area contributed by atoms with Crippen LogP contribution in [0, 0.1) is 11.8 Å². The first kappa shape index (κ1) is 22.1. The first-order valence-electron chi connectivity index (χ1n) is 11.2. The molecule has 0 atom stereocenters. The molecule has 3 nitrogen and oxygen atoms in total. The van der Waals surface area contributed by atoms with E-state index < -0.39 is 0 Å². The van der Waals surface area contributed by atoms with Gasteiger partial charge in [-0.25, -0.2) is 9.97 Å². The molecule has 0 saturated heterocycles. The maximum absolute atomic E-state index is 6.37. The van der Waals surface area contributed by atoms with Crippen LogP contribution in [-0.2, 0) is 12.8 Å². The van der Waals surface area contributed by atoms with E-state index in [1.54, 1.807) is 6.07 Å². The normalized spacial score (nSPS) is 18.8. The summed E-state index contributed by atoms with van der Waals surface area (Å²) in [6, 6.07) is 18.4. The third-order valence-corrected chi connectivity index (χ3v) is 7.22. The maximum Gasteiger partial charge on any atom is 0.220 e. The molecule has 1 aromatic heterocycles. The highest BCUT2D eigenvalue weighted by Crippen LogP contribution is 2.35. The van der Waals surface area contributed by atoms with E-state index in [1.165, 1.54) is 44.1 Å². The second-order valence-electron chi connectivity index (χ2n) is 8.67. The largest absolute Gasteiger partial charge is 0.368 e. The lowest BCUT2D eigenvalue weighted by molar-refractivity contribution is 0.259. The lowest BCUT2D eigenvalue weighted by Gasteiger charge is -2.28. The Morgan fingerprint density at radius 1 is 0.871 bits per heavy atom. The molecular weight excluding hydrogens is 425 g/mol. The van der Waals surface area contributed by atoms with Crippen LogP contribution >= 0.6 is 23.2 Å². The molecule has 1 fully saturated rings. The molecule has 1 heterocycles. The van der Waals surface area contributed by atoms with E-state index in [1.807, 2.05) is 18.2 Å². The number of nitrogens with two attached hydrogens (primary N) is 1. The van der Waals surface area contributed by atoms with Crippen molar-refractivity contribution in [3.63, 3.8) is 0 Å². The number of nitrogen functional groups attached to an aromatic ring is 1. The lowest BCUT2D eigenvalue weighted by Crippen LogP contribution is -2.16. The summed E-state index contributed by atoms with van der Waals surface area (Å²) in [6.07, 6.45) is 9.86. The van der Waals surface area contributed by atoms with Crippen molar-refractivity contribution in [3.05, 3.63) is 75.9 Å². The third-order valence-electron chi connectivity index (χ3n) is 6.40. The van der Waals surface area contributed by atoms with Crippen LogP contribution in [-0.4, -0.2) is 9.97 Å². The van der Waals surface area contributed by atoms with Crippen molar-refractivity contribution in [2.45, 2.75) is 51.4 Å². The number of rotatable bonds is 7.